The van der Waals surface area contributed by atoms with Gasteiger partial charge in [-0.05, 0) is 12.8 Å². The molecule has 0 atom stereocenters. The highest BCUT2D eigenvalue weighted by molar-refractivity contribution is 5.13. The molecule has 0 aliphatic heterocycles. The summed E-state index contributed by atoms with van der Waals surface area (Å²) in [5, 5.41) is 6.21. The van der Waals surface area contributed by atoms with Crippen molar-refractivity contribution in [3.63, 3.8) is 0 Å². The molecule has 2 N–H and O–H groups in total. The largest absolute Gasteiger partial charge is 0.340 e. The van der Waals surface area contributed by atoms with E-state index >= 15 is 0 Å². The SMILES string of the molecule is CC1(c2n[nH]c(=O)[nH]2)CC1. The molecule has 1 fully saturated rings. The fraction of sp³-hybridized carbons (Fsp3) is 0.667. The second-order valence-corrected chi connectivity index (χ2v) is 3.09. The fourth-order valence-corrected chi connectivity index (χ4v) is 0.980. The minimum atomic E-state index is -0.205. The predicted octanol–water partition coefficient (Wildman–Crippen LogP) is 0.150. The Bertz CT molecular complexity index is 294. The van der Waals surface area contributed by atoms with Gasteiger partial charge in [-0.1, -0.05) is 6.92 Å². The van der Waals surface area contributed by atoms with Gasteiger partial charge in [-0.15, -0.1) is 0 Å². The van der Waals surface area contributed by atoms with E-state index in [1.54, 1.807) is 0 Å². The molecule has 0 amide bonds. The molecule has 1 heterocycles. The second kappa shape index (κ2) is 1.51. The van der Waals surface area contributed by atoms with Crippen LogP contribution in [0.1, 0.15) is 25.6 Å². The average molecular weight is 139 g/mol. The van der Waals surface area contributed by atoms with Crippen LogP contribution in [-0.4, -0.2) is 15.2 Å². The second-order valence-electron chi connectivity index (χ2n) is 3.09. The lowest BCUT2D eigenvalue weighted by Crippen LogP contribution is -2.05. The highest BCUT2D eigenvalue weighted by Gasteiger charge is 2.42. The molecular weight excluding hydrogens is 130 g/mol. The molecule has 1 aromatic heterocycles. The summed E-state index contributed by atoms with van der Waals surface area (Å²) >= 11 is 0. The number of H-pyrrole nitrogens is 2. The Labute approximate surface area is 57.7 Å². The van der Waals surface area contributed by atoms with Crippen molar-refractivity contribution in [2.24, 2.45) is 0 Å². The zero-order valence-corrected chi connectivity index (χ0v) is 5.77. The number of aromatic amines is 2. The first kappa shape index (κ1) is 5.70. The van der Waals surface area contributed by atoms with E-state index in [9.17, 15) is 4.79 Å². The summed E-state index contributed by atoms with van der Waals surface area (Å²) in [5.41, 5.74) is -0.0396. The van der Waals surface area contributed by atoms with Crippen LogP contribution in [0.25, 0.3) is 0 Å². The number of nitrogens with one attached hydrogen (secondary N) is 2. The molecule has 4 nitrogen and oxygen atoms in total. The van der Waals surface area contributed by atoms with E-state index < -0.39 is 0 Å². The highest BCUT2D eigenvalue weighted by Crippen LogP contribution is 2.45. The van der Waals surface area contributed by atoms with Gasteiger partial charge in [-0.3, -0.25) is 4.98 Å². The van der Waals surface area contributed by atoms with Gasteiger partial charge in [0.2, 0.25) is 0 Å². The number of hydrogen-bond donors (Lipinski definition) is 2. The smallest absolute Gasteiger partial charge is 0.292 e. The van der Waals surface area contributed by atoms with Gasteiger partial charge in [-0.25, -0.2) is 9.89 Å². The lowest BCUT2D eigenvalue weighted by atomic mass is 10.1. The first-order valence-corrected chi connectivity index (χ1v) is 3.36. The molecule has 1 aliphatic rings. The zero-order valence-electron chi connectivity index (χ0n) is 5.77. The Balaban J connectivity index is 2.43. The van der Waals surface area contributed by atoms with Crippen LogP contribution in [-0.2, 0) is 5.41 Å². The first-order chi connectivity index (χ1) is 4.71. The van der Waals surface area contributed by atoms with Crippen molar-refractivity contribution in [1.29, 1.82) is 0 Å². The third-order valence-electron chi connectivity index (χ3n) is 2.07. The van der Waals surface area contributed by atoms with Gasteiger partial charge in [0, 0.05) is 5.41 Å². The summed E-state index contributed by atoms with van der Waals surface area (Å²) in [7, 11) is 0. The van der Waals surface area contributed by atoms with Gasteiger partial charge in [0.05, 0.1) is 0 Å². The lowest BCUT2D eigenvalue weighted by Gasteiger charge is -1.98. The van der Waals surface area contributed by atoms with E-state index in [4.69, 9.17) is 0 Å². The van der Waals surface area contributed by atoms with Crippen LogP contribution in [0.4, 0.5) is 0 Å². The Kier molecular flexibility index (Phi) is 0.859. The van der Waals surface area contributed by atoms with E-state index in [1.165, 1.54) is 0 Å². The van der Waals surface area contributed by atoms with Crippen molar-refractivity contribution in [2.75, 3.05) is 0 Å². The van der Waals surface area contributed by atoms with Crippen LogP contribution in [0.5, 0.6) is 0 Å². The molecule has 1 aromatic rings. The predicted molar refractivity (Wildman–Crippen MR) is 35.8 cm³/mol. The molecule has 1 saturated carbocycles. The number of nitrogens with zero attached hydrogens (tertiary/aromatic N) is 1. The number of hydrogen-bond acceptors (Lipinski definition) is 2. The van der Waals surface area contributed by atoms with Gasteiger partial charge in [0.25, 0.3) is 0 Å². The van der Waals surface area contributed by atoms with E-state index in [2.05, 4.69) is 22.1 Å². The molecule has 4 heteroatoms. The molecule has 2 rings (SSSR count). The van der Waals surface area contributed by atoms with Crippen LogP contribution in [0.15, 0.2) is 4.79 Å². The van der Waals surface area contributed by atoms with Crippen molar-refractivity contribution in [3.05, 3.63) is 16.3 Å². The quantitative estimate of drug-likeness (QED) is 0.581. The summed E-state index contributed by atoms with van der Waals surface area (Å²) in [6.07, 6.45) is 2.27. The summed E-state index contributed by atoms with van der Waals surface area (Å²) < 4.78 is 0. The molecule has 10 heavy (non-hydrogen) atoms. The summed E-state index contributed by atoms with van der Waals surface area (Å²) in [6, 6.07) is 0. The maximum absolute atomic E-state index is 10.6. The van der Waals surface area contributed by atoms with Crippen LogP contribution in [0.2, 0.25) is 0 Å². The Hall–Kier alpha value is -1.06. The molecular formula is C6H9N3O. The van der Waals surface area contributed by atoms with E-state index in [0.29, 0.717) is 0 Å². The average Bonchev–Trinajstić information content (AvgIpc) is 2.45. The zero-order chi connectivity index (χ0) is 7.19. The van der Waals surface area contributed by atoms with Crippen LogP contribution < -0.4 is 5.69 Å². The van der Waals surface area contributed by atoms with E-state index in [-0.39, 0.29) is 11.1 Å². The maximum Gasteiger partial charge on any atom is 0.340 e. The van der Waals surface area contributed by atoms with E-state index in [1.807, 2.05) is 0 Å². The fourth-order valence-electron chi connectivity index (χ4n) is 0.980. The van der Waals surface area contributed by atoms with E-state index in [0.717, 1.165) is 18.7 Å². The van der Waals surface area contributed by atoms with Gasteiger partial charge >= 0.3 is 5.69 Å². The van der Waals surface area contributed by atoms with Crippen LogP contribution in [0.3, 0.4) is 0 Å². The molecule has 0 spiro atoms. The highest BCUT2D eigenvalue weighted by atomic mass is 16.1. The molecule has 0 radical (unpaired) electrons. The summed E-state index contributed by atoms with van der Waals surface area (Å²) in [5.74, 6) is 0.803. The minimum Gasteiger partial charge on any atom is -0.292 e. The van der Waals surface area contributed by atoms with Crippen molar-refractivity contribution in [1.82, 2.24) is 15.2 Å². The molecule has 0 saturated heterocycles. The van der Waals surface area contributed by atoms with Gasteiger partial charge in [0.15, 0.2) is 0 Å². The monoisotopic (exact) mass is 139 g/mol. The molecule has 0 unspecified atom stereocenters. The summed E-state index contributed by atoms with van der Waals surface area (Å²) in [4.78, 5) is 13.2. The van der Waals surface area contributed by atoms with Crippen molar-refractivity contribution < 1.29 is 0 Å². The Morgan fingerprint density at radius 3 is 2.70 bits per heavy atom. The third-order valence-corrected chi connectivity index (χ3v) is 2.07. The van der Waals surface area contributed by atoms with Crippen LogP contribution >= 0.6 is 0 Å². The van der Waals surface area contributed by atoms with Crippen molar-refractivity contribution in [2.45, 2.75) is 25.2 Å². The normalized spacial score (nSPS) is 20.9. The van der Waals surface area contributed by atoms with Gasteiger partial charge in [0.1, 0.15) is 5.82 Å². The van der Waals surface area contributed by atoms with Crippen LogP contribution in [0, 0.1) is 0 Å². The number of rotatable bonds is 1. The first-order valence-electron chi connectivity index (χ1n) is 3.36. The van der Waals surface area contributed by atoms with Gasteiger partial charge in [-0.2, -0.15) is 5.10 Å². The molecule has 0 aromatic carbocycles. The summed E-state index contributed by atoms with van der Waals surface area (Å²) in [6.45, 7) is 2.10. The minimum absolute atomic E-state index is 0.166. The Morgan fingerprint density at radius 2 is 2.30 bits per heavy atom. The van der Waals surface area contributed by atoms with Crippen molar-refractivity contribution in [3.8, 4) is 0 Å². The maximum atomic E-state index is 10.6. The standard InChI is InChI=1S/C6H9N3O/c1-6(2-3-6)4-7-5(10)9-8-4/h2-3H2,1H3,(H2,7,8,9,10). The van der Waals surface area contributed by atoms with Crippen molar-refractivity contribution >= 4 is 0 Å². The molecule has 0 bridgehead atoms. The molecule has 54 valence electrons. The topological polar surface area (TPSA) is 61.5 Å². The third kappa shape index (κ3) is 0.683. The molecule has 1 aliphatic carbocycles. The Morgan fingerprint density at radius 1 is 1.60 bits per heavy atom. The van der Waals surface area contributed by atoms with Gasteiger partial charge < -0.3 is 0 Å². The number of aromatic nitrogens is 3. The lowest BCUT2D eigenvalue weighted by molar-refractivity contribution is 0.714.